The van der Waals surface area contributed by atoms with E-state index in [0.717, 1.165) is 0 Å². The Labute approximate surface area is 147 Å². The predicted molar refractivity (Wildman–Crippen MR) is 42.5 cm³/mol. The molecule has 6 atom stereocenters. The van der Waals surface area contributed by atoms with Gasteiger partial charge in [-0.25, -0.2) is 0 Å². The van der Waals surface area contributed by atoms with Gasteiger partial charge in [0.15, 0.2) is 0 Å². The Hall–Kier alpha value is 1.91. The van der Waals surface area contributed by atoms with Crippen molar-refractivity contribution in [1.82, 2.24) is 0 Å². The Bertz CT molecular complexity index is 283. The van der Waals surface area contributed by atoms with Crippen LogP contribution in [0.15, 0.2) is 0 Å². The molecule has 12 heteroatoms. The quantitative estimate of drug-likeness (QED) is 0.245. The third-order valence-electron chi connectivity index (χ3n) is 2.32. The van der Waals surface area contributed by atoms with E-state index in [4.69, 9.17) is 15.3 Å². The summed E-state index contributed by atoms with van der Waals surface area (Å²) in [6.45, 7) is 0. The number of aliphatic hydroxyl groups excluding tert-OH is 5. The minimum Gasteiger partial charge on any atom is -0.790 e. The fraction of sp³-hybridized carbons (Fsp3) is 1.00. The molecule has 0 bridgehead atoms. The first-order chi connectivity index (χ1) is 7.15. The molecule has 5 N–H and O–H groups in total. The maximum Gasteiger partial charge on any atom is 1.00 e. The van der Waals surface area contributed by atoms with Crippen LogP contribution in [0.25, 0.3) is 0 Å². The van der Waals surface area contributed by atoms with Gasteiger partial charge in [-0.05, 0) is 0 Å². The minimum absolute atomic E-state index is 0. The second-order valence-corrected chi connectivity index (χ2v) is 4.58. The van der Waals surface area contributed by atoms with Crippen LogP contribution in [-0.4, -0.2) is 62.2 Å². The summed E-state index contributed by atoms with van der Waals surface area (Å²) >= 11 is 0. The van der Waals surface area contributed by atoms with Gasteiger partial charge in [-0.2, -0.15) is 0 Å². The molecular weight excluding hydrogens is 293 g/mol. The summed E-state index contributed by atoms with van der Waals surface area (Å²) in [5.74, 6) is 0. The summed E-state index contributed by atoms with van der Waals surface area (Å²) in [7, 11) is -5.51. The van der Waals surface area contributed by atoms with Crippen LogP contribution >= 0.6 is 7.82 Å². The average Bonchev–Trinajstić information content (AvgIpc) is 2.17. The second kappa shape index (κ2) is 8.38. The molecule has 1 saturated carbocycles. The van der Waals surface area contributed by atoms with Crippen LogP contribution < -0.4 is 68.9 Å². The van der Waals surface area contributed by atoms with Crippen molar-refractivity contribution in [3.8, 4) is 0 Å². The molecule has 0 heterocycles. The van der Waals surface area contributed by atoms with E-state index in [9.17, 15) is 24.6 Å². The summed E-state index contributed by atoms with van der Waals surface area (Å²) < 4.78 is 14.1. The van der Waals surface area contributed by atoms with E-state index in [1.54, 1.807) is 0 Å². The van der Waals surface area contributed by atoms with Crippen molar-refractivity contribution < 1.29 is 104 Å². The van der Waals surface area contributed by atoms with Crippen LogP contribution in [0.4, 0.5) is 0 Å². The van der Waals surface area contributed by atoms with Gasteiger partial charge >= 0.3 is 59.1 Å². The van der Waals surface area contributed by atoms with Crippen LogP contribution in [-0.2, 0) is 9.09 Å². The van der Waals surface area contributed by atoms with Gasteiger partial charge < -0.3 is 44.4 Å². The first-order valence-electron chi connectivity index (χ1n) is 4.26. The number of hydrogen-bond donors (Lipinski definition) is 5. The molecule has 1 aliphatic carbocycles. The summed E-state index contributed by atoms with van der Waals surface area (Å²) in [5.41, 5.74) is 0. The van der Waals surface area contributed by atoms with E-state index in [1.165, 1.54) is 0 Å². The summed E-state index contributed by atoms with van der Waals surface area (Å²) in [4.78, 5) is 20.6. The molecule has 18 heavy (non-hydrogen) atoms. The maximum absolute atomic E-state index is 10.3. The van der Waals surface area contributed by atoms with Gasteiger partial charge in [0.25, 0.3) is 0 Å². The fourth-order valence-electron chi connectivity index (χ4n) is 1.47. The molecule has 1 aliphatic rings. The molecule has 2 unspecified atom stereocenters. The van der Waals surface area contributed by atoms with E-state index in [1.807, 2.05) is 0 Å². The average molecular weight is 304 g/mol. The fourth-order valence-corrected chi connectivity index (χ4v) is 2.02. The predicted octanol–water partition coefficient (Wildman–Crippen LogP) is -11.0. The molecular formula is C6H11Na2O9P. The smallest absolute Gasteiger partial charge is 0.790 e. The van der Waals surface area contributed by atoms with E-state index >= 15 is 0 Å². The summed E-state index contributed by atoms with van der Waals surface area (Å²) in [6, 6.07) is 0. The van der Waals surface area contributed by atoms with Crippen molar-refractivity contribution in [2.24, 2.45) is 0 Å². The third-order valence-corrected chi connectivity index (χ3v) is 2.83. The van der Waals surface area contributed by atoms with Crippen molar-refractivity contribution in [1.29, 1.82) is 0 Å². The first kappa shape index (κ1) is 22.2. The largest absolute Gasteiger partial charge is 1.00 e. The van der Waals surface area contributed by atoms with Crippen LogP contribution in [0.3, 0.4) is 0 Å². The summed E-state index contributed by atoms with van der Waals surface area (Å²) in [5, 5.41) is 45.9. The molecule has 0 radical (unpaired) electrons. The second-order valence-electron chi connectivity index (χ2n) is 3.47. The summed E-state index contributed by atoms with van der Waals surface area (Å²) in [6.07, 6.45) is -11.8. The van der Waals surface area contributed by atoms with E-state index < -0.39 is 44.4 Å². The van der Waals surface area contributed by atoms with Crippen LogP contribution in [0.5, 0.6) is 0 Å². The molecule has 0 aromatic rings. The number of aliphatic hydroxyl groups is 5. The van der Waals surface area contributed by atoms with E-state index in [2.05, 4.69) is 4.52 Å². The van der Waals surface area contributed by atoms with Gasteiger partial charge in [-0.3, -0.25) is 0 Å². The molecule has 0 aromatic heterocycles. The minimum atomic E-state index is -5.51. The molecule has 1 fully saturated rings. The van der Waals surface area contributed by atoms with Gasteiger partial charge in [0.1, 0.15) is 36.6 Å². The molecule has 0 saturated heterocycles. The monoisotopic (exact) mass is 304 g/mol. The zero-order valence-electron chi connectivity index (χ0n) is 9.78. The van der Waals surface area contributed by atoms with Crippen LogP contribution in [0, 0.1) is 0 Å². The van der Waals surface area contributed by atoms with Crippen LogP contribution in [0.1, 0.15) is 0 Å². The van der Waals surface area contributed by atoms with Crippen LogP contribution in [0.2, 0.25) is 0 Å². The number of hydrogen-bond acceptors (Lipinski definition) is 9. The Kier molecular flexibility index (Phi) is 10.3. The van der Waals surface area contributed by atoms with E-state index in [-0.39, 0.29) is 59.1 Å². The van der Waals surface area contributed by atoms with Gasteiger partial charge in [-0.15, -0.1) is 0 Å². The number of rotatable bonds is 2. The SMILES string of the molecule is O=P([O-])([O-])OC1[C@@H](O)[C@@H](O)C(O)[C@H](O)[C@H]1O.[Na+].[Na+]. The zero-order valence-corrected chi connectivity index (χ0v) is 14.7. The molecule has 0 amide bonds. The number of phosphoric acid groups is 1. The number of phosphoric ester groups is 1. The molecule has 0 spiro atoms. The van der Waals surface area contributed by atoms with Gasteiger partial charge in [0.05, 0.1) is 7.82 Å². The molecule has 96 valence electrons. The maximum atomic E-state index is 10.3. The molecule has 9 nitrogen and oxygen atoms in total. The Morgan fingerprint density at radius 1 is 0.778 bits per heavy atom. The molecule has 1 rings (SSSR count). The van der Waals surface area contributed by atoms with Crippen molar-refractivity contribution in [2.45, 2.75) is 36.6 Å². The van der Waals surface area contributed by atoms with Crippen molar-refractivity contribution >= 4 is 7.82 Å². The van der Waals surface area contributed by atoms with Crippen molar-refractivity contribution in [3.63, 3.8) is 0 Å². The van der Waals surface area contributed by atoms with Gasteiger partial charge in [0, 0.05) is 0 Å². The normalized spacial score (nSPS) is 40.6. The standard InChI is InChI=1S/C6H13O9P.2Na/c7-1-2(8)4(10)6(5(11)3(1)9)15-16(12,13)14;;/h1-11H,(H2,12,13,14);;/q;2*+1/p-2/t1?,2-,3-,4-,5+,6?;;/m0../s1. The zero-order chi connectivity index (χ0) is 12.7. The third kappa shape index (κ3) is 5.36. The Morgan fingerprint density at radius 2 is 1.06 bits per heavy atom. The Morgan fingerprint density at radius 3 is 1.33 bits per heavy atom. The topological polar surface area (TPSA) is 174 Å². The van der Waals surface area contributed by atoms with Crippen molar-refractivity contribution in [3.05, 3.63) is 0 Å². The van der Waals surface area contributed by atoms with Gasteiger partial charge in [-0.1, -0.05) is 0 Å². The van der Waals surface area contributed by atoms with Gasteiger partial charge in [0.2, 0.25) is 0 Å². The van der Waals surface area contributed by atoms with Crippen molar-refractivity contribution in [2.75, 3.05) is 0 Å². The molecule has 0 aliphatic heterocycles. The molecule has 0 aromatic carbocycles. The first-order valence-corrected chi connectivity index (χ1v) is 5.72. The Balaban J connectivity index is 0. The van der Waals surface area contributed by atoms with E-state index in [0.29, 0.717) is 0 Å².